The third kappa shape index (κ3) is 7.84. The Balaban J connectivity index is 1.53. The van der Waals surface area contributed by atoms with Crippen LogP contribution in [0.1, 0.15) is 58.3 Å². The Labute approximate surface area is 148 Å². The summed E-state index contributed by atoms with van der Waals surface area (Å²) in [6.45, 7) is 8.62. The minimum absolute atomic E-state index is 0.477. The molecule has 0 spiro atoms. The minimum Gasteiger partial charge on any atom is -0.376 e. The van der Waals surface area contributed by atoms with Crippen molar-refractivity contribution in [2.24, 2.45) is 10.9 Å². The summed E-state index contributed by atoms with van der Waals surface area (Å²) in [4.78, 5) is 6.89. The van der Waals surface area contributed by atoms with Crippen molar-refractivity contribution in [2.75, 3.05) is 46.4 Å². The molecule has 2 N–H and O–H groups in total. The highest BCUT2D eigenvalue weighted by atomic mass is 16.5. The normalized spacial score (nSPS) is 22.3. The Kier molecular flexibility index (Phi) is 9.51. The van der Waals surface area contributed by atoms with Gasteiger partial charge in [-0.25, -0.2) is 0 Å². The molecule has 0 aromatic heterocycles. The second kappa shape index (κ2) is 11.7. The van der Waals surface area contributed by atoms with E-state index in [1.165, 1.54) is 71.0 Å². The lowest BCUT2D eigenvalue weighted by atomic mass is 10.1. The van der Waals surface area contributed by atoms with E-state index in [4.69, 9.17) is 4.74 Å². The molecule has 2 aliphatic rings. The molecule has 0 aromatic rings. The van der Waals surface area contributed by atoms with Gasteiger partial charge in [0.1, 0.15) is 0 Å². The summed E-state index contributed by atoms with van der Waals surface area (Å²) in [6.07, 6.45) is 11.1. The lowest BCUT2D eigenvalue weighted by Gasteiger charge is -2.21. The van der Waals surface area contributed by atoms with Gasteiger partial charge in [-0.2, -0.15) is 0 Å². The highest BCUT2D eigenvalue weighted by Crippen LogP contribution is 2.19. The molecular formula is C19H38N4O. The van der Waals surface area contributed by atoms with Crippen LogP contribution in [-0.2, 0) is 4.74 Å². The van der Waals surface area contributed by atoms with Gasteiger partial charge in [0.05, 0.1) is 12.7 Å². The van der Waals surface area contributed by atoms with Gasteiger partial charge in [-0.05, 0) is 44.7 Å². The van der Waals surface area contributed by atoms with Crippen molar-refractivity contribution in [3.63, 3.8) is 0 Å². The van der Waals surface area contributed by atoms with Crippen molar-refractivity contribution in [2.45, 2.75) is 64.4 Å². The van der Waals surface area contributed by atoms with Crippen molar-refractivity contribution in [3.05, 3.63) is 0 Å². The van der Waals surface area contributed by atoms with Gasteiger partial charge in [0, 0.05) is 26.7 Å². The fourth-order valence-corrected chi connectivity index (χ4v) is 3.77. The highest BCUT2D eigenvalue weighted by molar-refractivity contribution is 5.79. The quantitative estimate of drug-likeness (QED) is 0.309. The van der Waals surface area contributed by atoms with E-state index >= 15 is 0 Å². The van der Waals surface area contributed by atoms with Crippen LogP contribution >= 0.6 is 0 Å². The van der Waals surface area contributed by atoms with Crippen LogP contribution in [0.4, 0.5) is 0 Å². The van der Waals surface area contributed by atoms with Crippen molar-refractivity contribution >= 4 is 5.96 Å². The molecule has 24 heavy (non-hydrogen) atoms. The van der Waals surface area contributed by atoms with Crippen LogP contribution in [0.3, 0.4) is 0 Å². The summed E-state index contributed by atoms with van der Waals surface area (Å²) in [7, 11) is 1.84. The first-order chi connectivity index (χ1) is 11.8. The number of guanidine groups is 1. The standard InChI is InChI=1S/C19H38N4O/c1-17(16-23-12-7-8-13-23)15-22-19(20-2)21-11-14-24-18-9-5-3-4-6-10-18/h17-18H,3-16H2,1-2H3,(H2,20,21,22). The number of rotatable bonds is 8. The zero-order valence-electron chi connectivity index (χ0n) is 15.9. The number of aliphatic imine (C=N–C) groups is 1. The lowest BCUT2D eigenvalue weighted by molar-refractivity contribution is 0.0468. The van der Waals surface area contributed by atoms with Crippen LogP contribution < -0.4 is 10.6 Å². The molecular weight excluding hydrogens is 300 g/mol. The maximum Gasteiger partial charge on any atom is 0.191 e. The first-order valence-corrected chi connectivity index (χ1v) is 10.1. The molecule has 5 nitrogen and oxygen atoms in total. The lowest BCUT2D eigenvalue weighted by Crippen LogP contribution is -2.42. The van der Waals surface area contributed by atoms with Gasteiger partial charge < -0.3 is 20.3 Å². The van der Waals surface area contributed by atoms with E-state index in [0.29, 0.717) is 12.0 Å². The first kappa shape index (κ1) is 19.5. The fourth-order valence-electron chi connectivity index (χ4n) is 3.77. The molecule has 1 saturated carbocycles. The smallest absolute Gasteiger partial charge is 0.191 e. The number of hydrogen-bond acceptors (Lipinski definition) is 3. The van der Waals surface area contributed by atoms with E-state index in [2.05, 4.69) is 27.4 Å². The number of ether oxygens (including phenoxy) is 1. The molecule has 140 valence electrons. The van der Waals surface area contributed by atoms with Crippen LogP contribution in [0.15, 0.2) is 4.99 Å². The molecule has 1 atom stereocenters. The third-order valence-corrected chi connectivity index (χ3v) is 5.16. The van der Waals surface area contributed by atoms with Gasteiger partial charge in [0.25, 0.3) is 0 Å². The molecule has 1 aliphatic carbocycles. The molecule has 1 unspecified atom stereocenters. The molecule has 0 bridgehead atoms. The van der Waals surface area contributed by atoms with Crippen LogP contribution in [0.5, 0.6) is 0 Å². The Morgan fingerprint density at radius 3 is 2.46 bits per heavy atom. The van der Waals surface area contributed by atoms with E-state index in [0.717, 1.165) is 25.7 Å². The summed E-state index contributed by atoms with van der Waals surface area (Å²) < 4.78 is 6.02. The first-order valence-electron chi connectivity index (χ1n) is 10.1. The van der Waals surface area contributed by atoms with Crippen molar-refractivity contribution in [1.29, 1.82) is 0 Å². The summed E-state index contributed by atoms with van der Waals surface area (Å²) in [6, 6.07) is 0. The van der Waals surface area contributed by atoms with Crippen molar-refractivity contribution in [3.8, 4) is 0 Å². The number of hydrogen-bond donors (Lipinski definition) is 2. The van der Waals surface area contributed by atoms with E-state index in [9.17, 15) is 0 Å². The Morgan fingerprint density at radius 1 is 1.08 bits per heavy atom. The average Bonchev–Trinajstić information content (AvgIpc) is 2.95. The van der Waals surface area contributed by atoms with Gasteiger partial charge in [-0.1, -0.05) is 32.6 Å². The number of nitrogens with one attached hydrogen (secondary N) is 2. The second-order valence-corrected chi connectivity index (χ2v) is 7.48. The van der Waals surface area contributed by atoms with E-state index < -0.39 is 0 Å². The Bertz CT molecular complexity index is 347. The number of nitrogens with zero attached hydrogens (tertiary/aromatic N) is 2. The van der Waals surface area contributed by atoms with Crippen LogP contribution in [0.2, 0.25) is 0 Å². The maximum absolute atomic E-state index is 6.02. The molecule has 2 fully saturated rings. The van der Waals surface area contributed by atoms with E-state index in [-0.39, 0.29) is 0 Å². The van der Waals surface area contributed by atoms with Gasteiger partial charge >= 0.3 is 0 Å². The molecule has 0 amide bonds. The second-order valence-electron chi connectivity index (χ2n) is 7.48. The minimum atomic E-state index is 0.477. The molecule has 1 aliphatic heterocycles. The Morgan fingerprint density at radius 2 is 1.79 bits per heavy atom. The van der Waals surface area contributed by atoms with E-state index in [1.807, 2.05) is 7.05 Å². The van der Waals surface area contributed by atoms with Gasteiger partial charge in [-0.3, -0.25) is 4.99 Å². The Hall–Kier alpha value is -0.810. The molecule has 2 rings (SSSR count). The monoisotopic (exact) mass is 338 g/mol. The molecule has 5 heteroatoms. The zero-order chi connectivity index (χ0) is 17.0. The van der Waals surface area contributed by atoms with Crippen molar-refractivity contribution < 1.29 is 4.74 Å². The summed E-state index contributed by atoms with van der Waals surface area (Å²) in [5, 5.41) is 6.82. The molecule has 0 aromatic carbocycles. The zero-order valence-corrected chi connectivity index (χ0v) is 15.9. The maximum atomic E-state index is 6.02. The summed E-state index contributed by atoms with van der Waals surface area (Å²) >= 11 is 0. The van der Waals surface area contributed by atoms with Gasteiger partial charge in [-0.15, -0.1) is 0 Å². The molecule has 1 saturated heterocycles. The van der Waals surface area contributed by atoms with Crippen LogP contribution in [-0.4, -0.2) is 63.3 Å². The predicted octanol–water partition coefficient (Wildman–Crippen LogP) is 2.62. The van der Waals surface area contributed by atoms with Crippen LogP contribution in [0.25, 0.3) is 0 Å². The largest absolute Gasteiger partial charge is 0.376 e. The third-order valence-electron chi connectivity index (χ3n) is 5.16. The number of likely N-dealkylation sites (tertiary alicyclic amines) is 1. The SMILES string of the molecule is CN=C(NCCOC1CCCCCC1)NCC(C)CN1CCCC1. The predicted molar refractivity (Wildman–Crippen MR) is 102 cm³/mol. The molecule has 0 radical (unpaired) electrons. The summed E-state index contributed by atoms with van der Waals surface area (Å²) in [5.41, 5.74) is 0. The van der Waals surface area contributed by atoms with Gasteiger partial charge in [0.15, 0.2) is 5.96 Å². The van der Waals surface area contributed by atoms with E-state index in [1.54, 1.807) is 0 Å². The van der Waals surface area contributed by atoms with Gasteiger partial charge in [0.2, 0.25) is 0 Å². The molecule has 1 heterocycles. The topological polar surface area (TPSA) is 48.9 Å². The fraction of sp³-hybridized carbons (Fsp3) is 0.947. The average molecular weight is 339 g/mol. The highest BCUT2D eigenvalue weighted by Gasteiger charge is 2.15. The summed E-state index contributed by atoms with van der Waals surface area (Å²) in [5.74, 6) is 1.54. The van der Waals surface area contributed by atoms with Crippen molar-refractivity contribution in [1.82, 2.24) is 15.5 Å². The van der Waals surface area contributed by atoms with Crippen LogP contribution in [0, 0.1) is 5.92 Å².